The van der Waals surface area contributed by atoms with Crippen LogP contribution in [0, 0.1) is 0 Å². The molecule has 0 aliphatic carbocycles. The molecule has 1 aliphatic rings. The van der Waals surface area contributed by atoms with Gasteiger partial charge in [0.25, 0.3) is 0 Å². The third-order valence-electron chi connectivity index (χ3n) is 4.24. The molecule has 132 valence electrons. The Hall–Kier alpha value is -2.40. The number of ether oxygens (including phenoxy) is 3. The number of halogens is 1. The van der Waals surface area contributed by atoms with E-state index in [0.717, 1.165) is 11.1 Å². The fraction of sp³-hybridized carbons (Fsp3) is 0.316. The summed E-state index contributed by atoms with van der Waals surface area (Å²) >= 11 is 6.34. The highest BCUT2D eigenvalue weighted by molar-refractivity contribution is 6.32. The highest BCUT2D eigenvalue weighted by Gasteiger charge is 2.30. The number of rotatable bonds is 5. The third kappa shape index (κ3) is 3.37. The van der Waals surface area contributed by atoms with Gasteiger partial charge in [-0.3, -0.25) is 4.79 Å². The number of hydrogen-bond donors (Lipinski definition) is 1. The second-order valence-electron chi connectivity index (χ2n) is 5.72. The van der Waals surface area contributed by atoms with Crippen molar-refractivity contribution in [1.82, 2.24) is 0 Å². The van der Waals surface area contributed by atoms with Crippen LogP contribution in [0.1, 0.15) is 30.4 Å². The zero-order valence-electron chi connectivity index (χ0n) is 14.4. The first kappa shape index (κ1) is 17.4. The van der Waals surface area contributed by atoms with E-state index in [0.29, 0.717) is 41.0 Å². The molecule has 0 spiro atoms. The molecule has 2 aromatic carbocycles. The van der Waals surface area contributed by atoms with Crippen LogP contribution in [0.2, 0.25) is 5.02 Å². The summed E-state index contributed by atoms with van der Waals surface area (Å²) in [7, 11) is 3.18. The molecule has 0 saturated heterocycles. The van der Waals surface area contributed by atoms with Gasteiger partial charge in [0, 0.05) is 30.0 Å². The molecule has 1 N–H and O–H groups in total. The summed E-state index contributed by atoms with van der Waals surface area (Å²) in [4.78, 5) is 12.2. The number of amides is 1. The number of hydrogen-bond acceptors (Lipinski definition) is 4. The molecule has 1 aliphatic heterocycles. The Morgan fingerprint density at radius 2 is 1.96 bits per heavy atom. The predicted octanol–water partition coefficient (Wildman–Crippen LogP) is 4.23. The molecule has 1 heterocycles. The average Bonchev–Trinajstić information content (AvgIpc) is 2.61. The minimum Gasteiger partial charge on any atom is -0.497 e. The number of fused-ring (bicyclic) bond motifs is 1. The van der Waals surface area contributed by atoms with Crippen LogP contribution in [0.25, 0.3) is 0 Å². The number of methoxy groups -OCH3 is 2. The van der Waals surface area contributed by atoms with E-state index in [1.807, 2.05) is 31.2 Å². The van der Waals surface area contributed by atoms with Gasteiger partial charge in [0.2, 0.25) is 5.91 Å². The summed E-state index contributed by atoms with van der Waals surface area (Å²) in [5, 5.41) is 3.43. The molecule has 3 rings (SSSR count). The second-order valence-corrected chi connectivity index (χ2v) is 6.13. The summed E-state index contributed by atoms with van der Waals surface area (Å²) in [6.07, 6.45) is 0.319. The molecule has 0 unspecified atom stereocenters. The highest BCUT2D eigenvalue weighted by atomic mass is 35.5. The Labute approximate surface area is 151 Å². The summed E-state index contributed by atoms with van der Waals surface area (Å²) in [5.74, 6) is 1.72. The van der Waals surface area contributed by atoms with Crippen LogP contribution in [0.4, 0.5) is 5.69 Å². The molecule has 1 amide bonds. The van der Waals surface area contributed by atoms with Gasteiger partial charge in [0.15, 0.2) is 0 Å². The highest BCUT2D eigenvalue weighted by Crippen LogP contribution is 2.45. The third-order valence-corrected chi connectivity index (χ3v) is 4.54. The first-order chi connectivity index (χ1) is 12.1. The van der Waals surface area contributed by atoms with Gasteiger partial charge in [-0.25, -0.2) is 0 Å². The standard InChI is InChI=1S/C19H20ClNO4/c1-4-25-16-6-5-11(7-14(16)20)13-10-18(22)21-15-8-12(23-2)9-17(24-3)19(13)15/h5-9,13H,4,10H2,1-3H3,(H,21,22)/t13-/m1/s1. The molecule has 2 aromatic rings. The molecule has 0 aromatic heterocycles. The topological polar surface area (TPSA) is 56.8 Å². The van der Waals surface area contributed by atoms with Crippen molar-refractivity contribution < 1.29 is 19.0 Å². The Bertz CT molecular complexity index is 806. The van der Waals surface area contributed by atoms with Gasteiger partial charge in [0.1, 0.15) is 17.2 Å². The van der Waals surface area contributed by atoms with Crippen molar-refractivity contribution in [2.24, 2.45) is 0 Å². The molecule has 0 bridgehead atoms. The van der Waals surface area contributed by atoms with Gasteiger partial charge in [-0.15, -0.1) is 0 Å². The van der Waals surface area contributed by atoms with Crippen LogP contribution >= 0.6 is 11.6 Å². The minimum absolute atomic E-state index is 0.0576. The molecule has 0 saturated carbocycles. The van der Waals surface area contributed by atoms with Crippen molar-refractivity contribution in [1.29, 1.82) is 0 Å². The van der Waals surface area contributed by atoms with Crippen LogP contribution < -0.4 is 19.5 Å². The maximum absolute atomic E-state index is 12.2. The second kappa shape index (κ2) is 7.23. The lowest BCUT2D eigenvalue weighted by molar-refractivity contribution is -0.116. The number of anilines is 1. The number of carbonyl (C=O) groups excluding carboxylic acids is 1. The molecule has 6 heteroatoms. The Balaban J connectivity index is 2.10. The summed E-state index contributed by atoms with van der Waals surface area (Å²) in [6, 6.07) is 9.25. The summed E-state index contributed by atoms with van der Waals surface area (Å²) in [6.45, 7) is 2.45. The Morgan fingerprint density at radius 3 is 2.60 bits per heavy atom. The molecule has 0 radical (unpaired) electrons. The van der Waals surface area contributed by atoms with E-state index in [4.69, 9.17) is 25.8 Å². The predicted molar refractivity (Wildman–Crippen MR) is 97.3 cm³/mol. The smallest absolute Gasteiger partial charge is 0.225 e. The Kier molecular flexibility index (Phi) is 5.04. The summed E-state index contributed by atoms with van der Waals surface area (Å²) < 4.78 is 16.3. The van der Waals surface area contributed by atoms with Gasteiger partial charge in [0.05, 0.1) is 31.5 Å². The van der Waals surface area contributed by atoms with E-state index in [9.17, 15) is 4.79 Å². The van der Waals surface area contributed by atoms with E-state index < -0.39 is 0 Å². The van der Waals surface area contributed by atoms with E-state index in [1.165, 1.54) is 0 Å². The van der Waals surface area contributed by atoms with E-state index in [1.54, 1.807) is 20.3 Å². The largest absolute Gasteiger partial charge is 0.497 e. The number of nitrogens with one attached hydrogen (secondary N) is 1. The molecule has 25 heavy (non-hydrogen) atoms. The van der Waals surface area contributed by atoms with Crippen molar-refractivity contribution in [3.05, 3.63) is 46.5 Å². The van der Waals surface area contributed by atoms with Crippen molar-refractivity contribution in [2.75, 3.05) is 26.1 Å². The fourth-order valence-corrected chi connectivity index (χ4v) is 3.37. The maximum atomic E-state index is 12.2. The van der Waals surface area contributed by atoms with Crippen LogP contribution in [-0.4, -0.2) is 26.7 Å². The van der Waals surface area contributed by atoms with Gasteiger partial charge in [-0.05, 0) is 24.6 Å². The number of carbonyl (C=O) groups is 1. The van der Waals surface area contributed by atoms with Gasteiger partial charge < -0.3 is 19.5 Å². The first-order valence-corrected chi connectivity index (χ1v) is 8.43. The fourth-order valence-electron chi connectivity index (χ4n) is 3.13. The van der Waals surface area contributed by atoms with Crippen LogP contribution in [0.15, 0.2) is 30.3 Å². The molecular weight excluding hydrogens is 342 g/mol. The Morgan fingerprint density at radius 1 is 1.16 bits per heavy atom. The lowest BCUT2D eigenvalue weighted by Gasteiger charge is -2.28. The van der Waals surface area contributed by atoms with Crippen molar-refractivity contribution in [3.63, 3.8) is 0 Å². The van der Waals surface area contributed by atoms with Crippen LogP contribution in [0.3, 0.4) is 0 Å². The van der Waals surface area contributed by atoms with Gasteiger partial charge in [-0.1, -0.05) is 17.7 Å². The normalized spacial score (nSPS) is 16.0. The lowest BCUT2D eigenvalue weighted by atomic mass is 9.84. The molecule has 1 atom stereocenters. The van der Waals surface area contributed by atoms with Crippen molar-refractivity contribution >= 4 is 23.2 Å². The van der Waals surface area contributed by atoms with Gasteiger partial charge >= 0.3 is 0 Å². The van der Waals surface area contributed by atoms with Crippen molar-refractivity contribution in [2.45, 2.75) is 19.3 Å². The van der Waals surface area contributed by atoms with E-state index in [-0.39, 0.29) is 11.8 Å². The summed E-state index contributed by atoms with van der Waals surface area (Å²) in [5.41, 5.74) is 2.55. The van der Waals surface area contributed by atoms with Crippen molar-refractivity contribution in [3.8, 4) is 17.2 Å². The average molecular weight is 362 g/mol. The molecular formula is C19H20ClNO4. The van der Waals surface area contributed by atoms with E-state index in [2.05, 4.69) is 5.32 Å². The molecule has 0 fully saturated rings. The van der Waals surface area contributed by atoms with Crippen LogP contribution in [-0.2, 0) is 4.79 Å². The monoisotopic (exact) mass is 361 g/mol. The lowest BCUT2D eigenvalue weighted by Crippen LogP contribution is -2.24. The van der Waals surface area contributed by atoms with Gasteiger partial charge in [-0.2, -0.15) is 0 Å². The molecule has 5 nitrogen and oxygen atoms in total. The minimum atomic E-state index is -0.155. The van der Waals surface area contributed by atoms with E-state index >= 15 is 0 Å². The first-order valence-electron chi connectivity index (χ1n) is 8.05. The SMILES string of the molecule is CCOc1ccc([C@H]2CC(=O)Nc3cc(OC)cc(OC)c32)cc1Cl. The maximum Gasteiger partial charge on any atom is 0.225 e. The zero-order valence-corrected chi connectivity index (χ0v) is 15.1. The zero-order chi connectivity index (χ0) is 18.0. The number of benzene rings is 2. The quantitative estimate of drug-likeness (QED) is 0.865. The van der Waals surface area contributed by atoms with Crippen LogP contribution in [0.5, 0.6) is 17.2 Å².